The molecule has 0 saturated heterocycles. The number of ether oxygens (including phenoxy) is 1. The largest absolute Gasteiger partial charge is 0.378 e. The zero-order valence-corrected chi connectivity index (χ0v) is 10.4. The Hall–Kier alpha value is -0.0400. The first-order valence-electron chi connectivity index (χ1n) is 5.90. The fraction of sp³-hybridized carbons (Fsp3) is 0.923. The van der Waals surface area contributed by atoms with Crippen LogP contribution in [0.2, 0.25) is 0 Å². The van der Waals surface area contributed by atoms with E-state index in [9.17, 15) is 0 Å². The van der Waals surface area contributed by atoms with E-state index in [1.165, 1.54) is 25.7 Å². The van der Waals surface area contributed by atoms with E-state index >= 15 is 0 Å². The predicted molar refractivity (Wildman–Crippen MR) is 63.3 cm³/mol. The lowest BCUT2D eigenvalue weighted by Gasteiger charge is -2.23. The first kappa shape index (κ1) is 14.0. The van der Waals surface area contributed by atoms with E-state index in [1.807, 2.05) is 0 Å². The Morgan fingerprint density at radius 1 is 1.21 bits per heavy atom. The van der Waals surface area contributed by atoms with Crippen LogP contribution in [0.3, 0.4) is 0 Å². The van der Waals surface area contributed by atoms with Gasteiger partial charge in [0.1, 0.15) is 0 Å². The molecule has 0 fully saturated rings. The monoisotopic (exact) mass is 199 g/mol. The number of rotatable bonds is 7. The van der Waals surface area contributed by atoms with E-state index in [0.29, 0.717) is 6.10 Å². The van der Waals surface area contributed by atoms with Crippen LogP contribution >= 0.6 is 0 Å². The molecule has 0 amide bonds. The Kier molecular flexibility index (Phi) is 7.26. The van der Waals surface area contributed by atoms with Crippen molar-refractivity contribution in [3.05, 3.63) is 6.92 Å². The van der Waals surface area contributed by atoms with Gasteiger partial charge >= 0.3 is 0 Å². The Labute approximate surface area is 90.2 Å². The number of unbranched alkanes of at least 4 members (excludes halogenated alkanes) is 2. The first-order valence-corrected chi connectivity index (χ1v) is 5.90. The van der Waals surface area contributed by atoms with Crippen molar-refractivity contribution in [2.45, 2.75) is 65.9 Å². The summed E-state index contributed by atoms with van der Waals surface area (Å²) in [6, 6.07) is 0. The topological polar surface area (TPSA) is 9.23 Å². The molecular formula is C13H27O. The summed E-state index contributed by atoms with van der Waals surface area (Å²) in [7, 11) is 0. The zero-order valence-electron chi connectivity index (χ0n) is 10.4. The van der Waals surface area contributed by atoms with Crippen LogP contribution in [-0.2, 0) is 4.74 Å². The predicted octanol–water partition coefficient (Wildman–Crippen LogP) is 4.22. The third kappa shape index (κ3) is 8.55. The quantitative estimate of drug-likeness (QED) is 0.558. The fourth-order valence-corrected chi connectivity index (χ4v) is 1.30. The summed E-state index contributed by atoms with van der Waals surface area (Å²) in [5.74, 6) is 0. The third-order valence-corrected chi connectivity index (χ3v) is 2.20. The third-order valence-electron chi connectivity index (χ3n) is 2.20. The van der Waals surface area contributed by atoms with E-state index in [2.05, 4.69) is 34.6 Å². The highest BCUT2D eigenvalue weighted by molar-refractivity contribution is 4.64. The minimum atomic E-state index is 0.276. The highest BCUT2D eigenvalue weighted by atomic mass is 16.5. The average molecular weight is 199 g/mol. The summed E-state index contributed by atoms with van der Waals surface area (Å²) in [6.45, 7) is 13.6. The van der Waals surface area contributed by atoms with Crippen molar-refractivity contribution < 1.29 is 4.74 Å². The van der Waals surface area contributed by atoms with Crippen LogP contribution in [0.1, 0.15) is 59.8 Å². The molecular weight excluding hydrogens is 172 g/mol. The Bertz CT molecular complexity index is 124. The minimum Gasteiger partial charge on any atom is -0.378 e. The van der Waals surface area contributed by atoms with E-state index < -0.39 is 0 Å². The van der Waals surface area contributed by atoms with Crippen LogP contribution in [-0.4, -0.2) is 12.7 Å². The molecule has 0 aliphatic heterocycles. The van der Waals surface area contributed by atoms with Crippen molar-refractivity contribution in [3.63, 3.8) is 0 Å². The summed E-state index contributed by atoms with van der Waals surface area (Å²) in [6.07, 6.45) is 6.33. The molecule has 0 aromatic heterocycles. The van der Waals surface area contributed by atoms with Gasteiger partial charge in [-0.2, -0.15) is 0 Å². The lowest BCUT2D eigenvalue weighted by atomic mass is 9.98. The van der Waals surface area contributed by atoms with Crippen molar-refractivity contribution in [2.24, 2.45) is 5.41 Å². The van der Waals surface area contributed by atoms with Gasteiger partial charge in [-0.05, 0) is 18.3 Å². The molecule has 0 bridgehead atoms. The van der Waals surface area contributed by atoms with Gasteiger partial charge in [0.15, 0.2) is 0 Å². The zero-order chi connectivity index (χ0) is 11.0. The van der Waals surface area contributed by atoms with E-state index in [4.69, 9.17) is 4.74 Å². The van der Waals surface area contributed by atoms with Crippen LogP contribution in [0.15, 0.2) is 0 Å². The molecule has 0 heterocycles. The van der Waals surface area contributed by atoms with Crippen LogP contribution in [0.4, 0.5) is 0 Å². The van der Waals surface area contributed by atoms with Crippen LogP contribution in [0, 0.1) is 12.3 Å². The molecule has 85 valence electrons. The maximum Gasteiger partial charge on any atom is 0.0575 e. The van der Waals surface area contributed by atoms with Crippen molar-refractivity contribution in [2.75, 3.05) is 6.61 Å². The summed E-state index contributed by atoms with van der Waals surface area (Å²) < 4.78 is 5.84. The second kappa shape index (κ2) is 7.28. The minimum absolute atomic E-state index is 0.276. The van der Waals surface area contributed by atoms with Gasteiger partial charge in [-0.3, -0.25) is 0 Å². The molecule has 1 nitrogen and oxygen atoms in total. The molecule has 0 rings (SSSR count). The molecule has 1 heteroatoms. The van der Waals surface area contributed by atoms with Gasteiger partial charge in [-0.15, -0.1) is 0 Å². The summed E-state index contributed by atoms with van der Waals surface area (Å²) in [4.78, 5) is 0. The molecule has 0 N–H and O–H groups in total. The highest BCUT2D eigenvalue weighted by Crippen LogP contribution is 2.17. The molecule has 1 atom stereocenters. The van der Waals surface area contributed by atoms with Crippen molar-refractivity contribution in [1.82, 2.24) is 0 Å². The van der Waals surface area contributed by atoms with Crippen molar-refractivity contribution >= 4 is 0 Å². The van der Waals surface area contributed by atoms with Crippen LogP contribution < -0.4 is 0 Å². The fourth-order valence-electron chi connectivity index (χ4n) is 1.30. The van der Waals surface area contributed by atoms with Gasteiger partial charge in [-0.1, -0.05) is 53.9 Å². The lowest BCUT2D eigenvalue weighted by Crippen LogP contribution is -2.21. The van der Waals surface area contributed by atoms with Crippen LogP contribution in [0.5, 0.6) is 0 Å². The van der Waals surface area contributed by atoms with Crippen molar-refractivity contribution in [1.29, 1.82) is 0 Å². The molecule has 1 unspecified atom stereocenters. The smallest absolute Gasteiger partial charge is 0.0575 e. The molecule has 14 heavy (non-hydrogen) atoms. The summed E-state index contributed by atoms with van der Waals surface area (Å²) in [5, 5.41) is 0. The molecule has 0 aromatic carbocycles. The standard InChI is InChI=1S/C13H27O/c1-6-8-9-10-12(7-2)14-11-13(3,4)5/h12H,2,6-11H2,1,3-5H3. The summed E-state index contributed by atoms with van der Waals surface area (Å²) >= 11 is 0. The van der Waals surface area contributed by atoms with E-state index in [1.54, 1.807) is 0 Å². The van der Waals surface area contributed by atoms with Gasteiger partial charge in [0.2, 0.25) is 0 Å². The van der Waals surface area contributed by atoms with Crippen molar-refractivity contribution in [3.8, 4) is 0 Å². The van der Waals surface area contributed by atoms with Crippen LogP contribution in [0.25, 0.3) is 0 Å². The molecule has 0 spiro atoms. The maximum atomic E-state index is 5.84. The van der Waals surface area contributed by atoms with Gasteiger partial charge in [0, 0.05) is 0 Å². The molecule has 0 aromatic rings. The van der Waals surface area contributed by atoms with Gasteiger partial charge in [0.25, 0.3) is 0 Å². The maximum absolute atomic E-state index is 5.84. The second-order valence-corrected chi connectivity index (χ2v) is 5.28. The second-order valence-electron chi connectivity index (χ2n) is 5.28. The number of hydrogen-bond donors (Lipinski definition) is 0. The molecule has 0 saturated carbocycles. The SMILES string of the molecule is [CH2]CC(CCCCC)OCC(C)(C)C. The Balaban J connectivity index is 3.58. The van der Waals surface area contributed by atoms with Gasteiger partial charge < -0.3 is 4.74 Å². The Morgan fingerprint density at radius 2 is 1.86 bits per heavy atom. The van der Waals surface area contributed by atoms with E-state index in [0.717, 1.165) is 13.0 Å². The first-order chi connectivity index (χ1) is 6.49. The average Bonchev–Trinajstić information content (AvgIpc) is 2.09. The highest BCUT2D eigenvalue weighted by Gasteiger charge is 2.14. The normalized spacial score (nSPS) is 14.4. The molecule has 0 aliphatic carbocycles. The van der Waals surface area contributed by atoms with E-state index in [-0.39, 0.29) is 5.41 Å². The molecule has 1 radical (unpaired) electrons. The van der Waals surface area contributed by atoms with Gasteiger partial charge in [-0.25, -0.2) is 0 Å². The summed E-state index contributed by atoms with van der Waals surface area (Å²) in [5.41, 5.74) is 0.276. The Morgan fingerprint density at radius 3 is 2.29 bits per heavy atom. The lowest BCUT2D eigenvalue weighted by molar-refractivity contribution is 0.00458. The molecule has 0 aliphatic rings. The van der Waals surface area contributed by atoms with Gasteiger partial charge in [0.05, 0.1) is 12.7 Å². The number of hydrogen-bond acceptors (Lipinski definition) is 1.